The van der Waals surface area contributed by atoms with Crippen LogP contribution in [0.25, 0.3) is 0 Å². The molecular formula is C14H20N2O2. The van der Waals surface area contributed by atoms with E-state index in [0.29, 0.717) is 5.69 Å². The van der Waals surface area contributed by atoms with E-state index in [4.69, 9.17) is 5.73 Å². The fraction of sp³-hybridized carbons (Fsp3) is 0.500. The third kappa shape index (κ3) is 3.23. The molecule has 0 spiro atoms. The van der Waals surface area contributed by atoms with Crippen LogP contribution in [-0.2, 0) is 11.2 Å². The van der Waals surface area contributed by atoms with E-state index < -0.39 is 6.10 Å². The summed E-state index contributed by atoms with van der Waals surface area (Å²) in [7, 11) is 0. The fourth-order valence-corrected chi connectivity index (χ4v) is 2.41. The van der Waals surface area contributed by atoms with Gasteiger partial charge in [-0.3, -0.25) is 4.79 Å². The van der Waals surface area contributed by atoms with Crippen molar-refractivity contribution in [1.82, 2.24) is 5.32 Å². The van der Waals surface area contributed by atoms with Gasteiger partial charge in [-0.1, -0.05) is 31.0 Å². The van der Waals surface area contributed by atoms with Crippen molar-refractivity contribution in [2.75, 3.05) is 5.73 Å². The zero-order valence-corrected chi connectivity index (χ0v) is 10.4. The standard InChI is InChI=1S/C14H20N2O2/c15-11-6-2-1-5-10(11)9-14(18)16-12-7-3-4-8-13(12)17/h1-2,5-6,12-13,17H,3-4,7-9,15H2,(H,16,18)/t12-,13-/m0/s1. The van der Waals surface area contributed by atoms with E-state index in [1.807, 2.05) is 18.2 Å². The first-order chi connectivity index (χ1) is 8.66. The minimum Gasteiger partial charge on any atom is -0.398 e. The number of carbonyl (C=O) groups excluding carboxylic acids is 1. The number of aliphatic hydroxyl groups excluding tert-OH is 1. The highest BCUT2D eigenvalue weighted by atomic mass is 16.3. The molecular weight excluding hydrogens is 228 g/mol. The number of rotatable bonds is 3. The predicted molar refractivity (Wildman–Crippen MR) is 71.0 cm³/mol. The highest BCUT2D eigenvalue weighted by Gasteiger charge is 2.24. The predicted octanol–water partition coefficient (Wildman–Crippen LogP) is 1.23. The van der Waals surface area contributed by atoms with Crippen LogP contribution in [0, 0.1) is 0 Å². The Morgan fingerprint density at radius 2 is 2.06 bits per heavy atom. The minimum atomic E-state index is -0.407. The maximum atomic E-state index is 11.9. The Morgan fingerprint density at radius 1 is 1.33 bits per heavy atom. The molecule has 1 fully saturated rings. The third-order valence-electron chi connectivity index (χ3n) is 3.48. The maximum absolute atomic E-state index is 11.9. The monoisotopic (exact) mass is 248 g/mol. The lowest BCUT2D eigenvalue weighted by Crippen LogP contribution is -2.45. The van der Waals surface area contributed by atoms with Gasteiger partial charge in [0.1, 0.15) is 0 Å². The lowest BCUT2D eigenvalue weighted by atomic mass is 9.92. The highest BCUT2D eigenvalue weighted by molar-refractivity contribution is 5.80. The lowest BCUT2D eigenvalue weighted by Gasteiger charge is -2.28. The van der Waals surface area contributed by atoms with E-state index in [2.05, 4.69) is 5.32 Å². The number of nitrogen functional groups attached to an aromatic ring is 1. The molecule has 1 aromatic rings. The molecule has 0 heterocycles. The molecule has 0 unspecified atom stereocenters. The van der Waals surface area contributed by atoms with Gasteiger partial charge in [0, 0.05) is 5.69 Å². The zero-order valence-electron chi connectivity index (χ0n) is 10.4. The Balaban J connectivity index is 1.90. The van der Waals surface area contributed by atoms with E-state index in [9.17, 15) is 9.90 Å². The maximum Gasteiger partial charge on any atom is 0.224 e. The van der Waals surface area contributed by atoms with Crippen molar-refractivity contribution < 1.29 is 9.90 Å². The summed E-state index contributed by atoms with van der Waals surface area (Å²) in [5, 5.41) is 12.7. The van der Waals surface area contributed by atoms with Crippen molar-refractivity contribution in [1.29, 1.82) is 0 Å². The van der Waals surface area contributed by atoms with E-state index in [-0.39, 0.29) is 18.4 Å². The molecule has 1 amide bonds. The number of aliphatic hydroxyl groups is 1. The molecule has 1 aliphatic rings. The zero-order chi connectivity index (χ0) is 13.0. The first-order valence-electron chi connectivity index (χ1n) is 6.47. The number of nitrogens with two attached hydrogens (primary N) is 1. The average Bonchev–Trinajstić information content (AvgIpc) is 2.35. The number of nitrogens with one attached hydrogen (secondary N) is 1. The second kappa shape index (κ2) is 5.87. The molecule has 1 aliphatic carbocycles. The number of amides is 1. The van der Waals surface area contributed by atoms with Gasteiger partial charge in [-0.15, -0.1) is 0 Å². The van der Waals surface area contributed by atoms with Gasteiger partial charge in [0.15, 0.2) is 0 Å². The minimum absolute atomic E-state index is 0.0705. The van der Waals surface area contributed by atoms with Gasteiger partial charge in [-0.25, -0.2) is 0 Å². The normalized spacial score (nSPS) is 23.6. The molecule has 4 heteroatoms. The molecule has 18 heavy (non-hydrogen) atoms. The average molecular weight is 248 g/mol. The number of hydrogen-bond donors (Lipinski definition) is 3. The van der Waals surface area contributed by atoms with Crippen LogP contribution in [-0.4, -0.2) is 23.2 Å². The van der Waals surface area contributed by atoms with E-state index in [1.165, 1.54) is 0 Å². The van der Waals surface area contributed by atoms with Crippen molar-refractivity contribution in [2.45, 2.75) is 44.2 Å². The van der Waals surface area contributed by atoms with Crippen LogP contribution in [0.1, 0.15) is 31.2 Å². The van der Waals surface area contributed by atoms with Gasteiger partial charge >= 0.3 is 0 Å². The van der Waals surface area contributed by atoms with Crippen LogP contribution in [0.15, 0.2) is 24.3 Å². The number of carbonyl (C=O) groups is 1. The largest absolute Gasteiger partial charge is 0.398 e. The molecule has 98 valence electrons. The van der Waals surface area contributed by atoms with Crippen LogP contribution in [0.3, 0.4) is 0 Å². The van der Waals surface area contributed by atoms with E-state index in [1.54, 1.807) is 6.07 Å². The number of anilines is 1. The Hall–Kier alpha value is -1.55. The van der Waals surface area contributed by atoms with E-state index >= 15 is 0 Å². The van der Waals surface area contributed by atoms with Crippen molar-refractivity contribution in [3.8, 4) is 0 Å². The fourth-order valence-electron chi connectivity index (χ4n) is 2.41. The SMILES string of the molecule is Nc1ccccc1CC(=O)N[C@H]1CCCC[C@@H]1O. The Labute approximate surface area is 107 Å². The second-order valence-corrected chi connectivity index (χ2v) is 4.90. The Morgan fingerprint density at radius 3 is 2.78 bits per heavy atom. The van der Waals surface area contributed by atoms with Gasteiger partial charge in [-0.05, 0) is 24.5 Å². The van der Waals surface area contributed by atoms with Gasteiger partial charge in [-0.2, -0.15) is 0 Å². The summed E-state index contributed by atoms with van der Waals surface area (Å²) in [4.78, 5) is 11.9. The molecule has 1 saturated carbocycles. The Kier molecular flexibility index (Phi) is 4.20. The first-order valence-corrected chi connectivity index (χ1v) is 6.47. The number of para-hydroxylation sites is 1. The van der Waals surface area contributed by atoms with Crippen molar-refractivity contribution in [2.24, 2.45) is 0 Å². The van der Waals surface area contributed by atoms with Gasteiger partial charge < -0.3 is 16.2 Å². The van der Waals surface area contributed by atoms with Gasteiger partial charge in [0.2, 0.25) is 5.91 Å². The molecule has 1 aromatic carbocycles. The summed E-state index contributed by atoms with van der Waals surface area (Å²) in [6.45, 7) is 0. The molecule has 0 saturated heterocycles. The topological polar surface area (TPSA) is 75.4 Å². The van der Waals surface area contributed by atoms with Crippen LogP contribution < -0.4 is 11.1 Å². The lowest BCUT2D eigenvalue weighted by molar-refractivity contribution is -0.122. The van der Waals surface area contributed by atoms with Crippen LogP contribution in [0.5, 0.6) is 0 Å². The van der Waals surface area contributed by atoms with Gasteiger partial charge in [0.25, 0.3) is 0 Å². The molecule has 4 N–H and O–H groups in total. The summed E-state index contributed by atoms with van der Waals surface area (Å²) in [5.41, 5.74) is 7.27. The summed E-state index contributed by atoms with van der Waals surface area (Å²) in [5.74, 6) is -0.0705. The Bertz CT molecular complexity index is 420. The molecule has 4 nitrogen and oxygen atoms in total. The van der Waals surface area contributed by atoms with Crippen LogP contribution >= 0.6 is 0 Å². The van der Waals surface area contributed by atoms with Crippen molar-refractivity contribution in [3.05, 3.63) is 29.8 Å². The second-order valence-electron chi connectivity index (χ2n) is 4.90. The number of benzene rings is 1. The van der Waals surface area contributed by atoms with E-state index in [0.717, 1.165) is 31.2 Å². The molecule has 0 aromatic heterocycles. The molecule has 0 radical (unpaired) electrons. The van der Waals surface area contributed by atoms with Gasteiger partial charge in [0.05, 0.1) is 18.6 Å². The first kappa shape index (κ1) is 12.9. The van der Waals surface area contributed by atoms with Crippen LogP contribution in [0.4, 0.5) is 5.69 Å². The summed E-state index contributed by atoms with van der Waals surface area (Å²) < 4.78 is 0. The smallest absolute Gasteiger partial charge is 0.224 e. The molecule has 2 atom stereocenters. The summed E-state index contributed by atoms with van der Waals surface area (Å²) in [6.07, 6.45) is 3.61. The quantitative estimate of drug-likeness (QED) is 0.704. The van der Waals surface area contributed by atoms with Crippen molar-refractivity contribution >= 4 is 11.6 Å². The summed E-state index contributed by atoms with van der Waals surface area (Å²) >= 11 is 0. The number of hydrogen-bond acceptors (Lipinski definition) is 3. The summed E-state index contributed by atoms with van der Waals surface area (Å²) in [6, 6.07) is 7.26. The molecule has 0 bridgehead atoms. The molecule has 0 aliphatic heterocycles. The highest BCUT2D eigenvalue weighted by Crippen LogP contribution is 2.18. The van der Waals surface area contributed by atoms with Crippen molar-refractivity contribution in [3.63, 3.8) is 0 Å². The third-order valence-corrected chi connectivity index (χ3v) is 3.48. The van der Waals surface area contributed by atoms with Crippen LogP contribution in [0.2, 0.25) is 0 Å². The molecule has 2 rings (SSSR count).